The maximum absolute atomic E-state index is 13.8. The van der Waals surface area contributed by atoms with Gasteiger partial charge in [-0.2, -0.15) is 0 Å². The first kappa shape index (κ1) is 86.4. The van der Waals surface area contributed by atoms with Crippen molar-refractivity contribution in [1.29, 1.82) is 0 Å². The summed E-state index contributed by atoms with van der Waals surface area (Å²) in [5.41, 5.74) is 6.07. The molecule has 0 aliphatic carbocycles. The van der Waals surface area contributed by atoms with Crippen LogP contribution >= 0.6 is 56.7 Å². The van der Waals surface area contributed by atoms with Crippen LogP contribution in [0.15, 0.2) is 327 Å². The van der Waals surface area contributed by atoms with E-state index >= 15 is 0 Å². The Morgan fingerprint density at radius 3 is 0.780 bits per heavy atom. The molecule has 132 heavy (non-hydrogen) atoms. The fourth-order valence-corrected chi connectivity index (χ4v) is 21.7. The van der Waals surface area contributed by atoms with E-state index in [1.807, 2.05) is 219 Å². The first-order valence-electron chi connectivity index (χ1n) is 42.2. The van der Waals surface area contributed by atoms with Crippen molar-refractivity contribution >= 4 is 247 Å². The van der Waals surface area contributed by atoms with Gasteiger partial charge in [0.2, 0.25) is 0 Å². The van der Waals surface area contributed by atoms with E-state index in [0.717, 1.165) is 144 Å². The fourth-order valence-electron chi connectivity index (χ4n) is 16.0. The van der Waals surface area contributed by atoms with Crippen LogP contribution in [0.25, 0.3) is 155 Å². The largest absolute Gasteiger partial charge is 0.369 e. The van der Waals surface area contributed by atoms with E-state index in [1.165, 1.54) is 117 Å². The van der Waals surface area contributed by atoms with Gasteiger partial charge in [0.25, 0.3) is 0 Å². The molecule has 16 nitrogen and oxygen atoms in total. The van der Waals surface area contributed by atoms with Crippen molar-refractivity contribution < 1.29 is 22.0 Å². The lowest BCUT2D eigenvalue weighted by atomic mass is 10.1. The molecule has 0 unspecified atom stereocenters. The number of fused-ring (bicyclic) bond motifs is 20. The molecule has 13 aromatic carbocycles. The maximum Gasteiger partial charge on any atom is 0.196 e. The van der Waals surface area contributed by atoms with E-state index in [-0.39, 0.29) is 27.1 Å². The van der Waals surface area contributed by atoms with Crippen LogP contribution in [0.1, 0.15) is 24.5 Å². The van der Waals surface area contributed by atoms with Crippen molar-refractivity contribution in [2.24, 2.45) is 0 Å². The number of aromatic nitrogens is 5. The molecule has 26 heteroatoms. The zero-order chi connectivity index (χ0) is 90.6. The summed E-state index contributed by atoms with van der Waals surface area (Å²) in [6.07, 6.45) is 0.962. The highest BCUT2D eigenvalue weighted by atomic mass is 32.1. The molecule has 648 valence electrons. The summed E-state index contributed by atoms with van der Waals surface area (Å²) in [6.45, 7) is 5.54. The van der Waals surface area contributed by atoms with Crippen molar-refractivity contribution in [3.05, 3.63) is 395 Å². The topological polar surface area (TPSA) is 222 Å². The Morgan fingerprint density at radius 2 is 0.500 bits per heavy atom. The molecule has 0 atom stereocenters. The molecule has 0 spiro atoms. The van der Waals surface area contributed by atoms with Gasteiger partial charge in [-0.3, -0.25) is 24.0 Å². The molecule has 0 aliphatic rings. The molecular formula is C106H74F5N11O5S5. The molecule has 0 amide bonds. The molecule has 0 fully saturated rings. The number of halogens is 5. The van der Waals surface area contributed by atoms with Gasteiger partial charge >= 0.3 is 0 Å². The second-order valence-corrected chi connectivity index (χ2v) is 36.2. The van der Waals surface area contributed by atoms with Gasteiger partial charge in [0.1, 0.15) is 58.2 Å². The van der Waals surface area contributed by atoms with Crippen LogP contribution < -0.4 is 59.0 Å². The first-order valence-corrected chi connectivity index (χ1v) is 46.3. The quantitative estimate of drug-likeness (QED) is 0.0243. The van der Waals surface area contributed by atoms with E-state index in [9.17, 15) is 45.9 Å². The summed E-state index contributed by atoms with van der Waals surface area (Å²) in [6, 6.07) is 89.4. The zero-order valence-electron chi connectivity index (χ0n) is 70.3. The van der Waals surface area contributed by atoms with E-state index in [4.69, 9.17) is 24.9 Å². The maximum atomic E-state index is 13.8. The molecule has 0 saturated heterocycles. The van der Waals surface area contributed by atoms with Crippen molar-refractivity contribution in [3.8, 4) is 0 Å². The fraction of sp³-hybridized carbons (Fsp3) is 0.0755. The van der Waals surface area contributed by atoms with Crippen molar-refractivity contribution in [3.63, 3.8) is 0 Å². The van der Waals surface area contributed by atoms with Gasteiger partial charge in [0.05, 0.1) is 78.0 Å². The predicted octanol–water partition coefficient (Wildman–Crippen LogP) is 25.9. The molecule has 23 aromatic rings. The molecule has 10 aromatic heterocycles. The number of pyridine rings is 5. The van der Waals surface area contributed by atoms with Crippen LogP contribution in [0.2, 0.25) is 0 Å². The van der Waals surface area contributed by atoms with E-state index in [1.54, 1.807) is 30.3 Å². The standard InChI is InChI=1S/2C23H15FN2OS.C22H13FN2OS.C19H16FN3OS.C19H15FN2OS/c2*24-15-10-11-19-17(12-15)21(27)20-16-8-4-5-9-18(16)26-23(22(20)28-19)25-13-14-6-2-1-3-7-14;23-13-10-11-18-16(12-13)20(26)19-15-8-4-5-9-17(15)25-22(21(19)27-18)24-14-6-2-1-3-7-14;1-21-8-9-22-19-18-16(12-4-2-3-5-14(12)23-19)17(24)13-10-11(20)6-7-15(13)25-18;1-2-9-21-19-18-16(12-5-3-4-6-14(12)22-19)17(23)13-10-11(20)7-8-15(13)24-18/h2*1-12H,13H2,(H,25,26);1-12H,(H,24,25);2-7,10,21H,8-9H2,1H3,(H,22,23);3-8,10H,2,9H2,1H3,(H,21,22). The van der Waals surface area contributed by atoms with Crippen molar-refractivity contribution in [1.82, 2.24) is 30.2 Å². The molecule has 0 radical (unpaired) electrons. The van der Waals surface area contributed by atoms with E-state index < -0.39 is 29.1 Å². The van der Waals surface area contributed by atoms with Crippen LogP contribution in [0.5, 0.6) is 0 Å². The number of hydrogen-bond acceptors (Lipinski definition) is 21. The van der Waals surface area contributed by atoms with Gasteiger partial charge in [0.15, 0.2) is 27.1 Å². The molecule has 0 saturated carbocycles. The molecule has 10 heterocycles. The Bertz CT molecular complexity index is 8610. The number of nitrogens with one attached hydrogen (secondary N) is 6. The Hall–Kier alpha value is -15.0. The van der Waals surface area contributed by atoms with Crippen LogP contribution in [0.3, 0.4) is 0 Å². The van der Waals surface area contributed by atoms with Crippen molar-refractivity contribution in [2.75, 3.05) is 53.3 Å². The van der Waals surface area contributed by atoms with Crippen molar-refractivity contribution in [2.45, 2.75) is 26.4 Å². The third-order valence-electron chi connectivity index (χ3n) is 22.2. The average molecular weight is 1840 g/mol. The lowest BCUT2D eigenvalue weighted by Crippen LogP contribution is -2.18. The summed E-state index contributed by atoms with van der Waals surface area (Å²) >= 11 is 7.30. The van der Waals surface area contributed by atoms with Crippen LogP contribution in [-0.4, -0.2) is 51.6 Å². The number of hydrogen-bond donors (Lipinski definition) is 6. The number of rotatable bonds is 15. The minimum absolute atomic E-state index is 0.142. The highest BCUT2D eigenvalue weighted by Crippen LogP contribution is 2.41. The number of likely N-dealkylation sites (N-methyl/N-ethyl adjacent to an activating group) is 1. The second-order valence-electron chi connectivity index (χ2n) is 30.9. The van der Waals surface area contributed by atoms with Gasteiger partial charge in [-0.05, 0) is 158 Å². The monoisotopic (exact) mass is 1840 g/mol. The number of anilines is 6. The SMILES string of the molecule is CCCNc1nc2ccccc2c2c(=O)c3cc(F)ccc3sc12.CNCCNc1nc2ccccc2c2c(=O)c3cc(F)ccc3sc12.O=c1c2cc(F)ccc2sc2c(NCc3ccccc3)nc3ccccc3c12.O=c1c2cc(F)ccc2sc2c(NCc3ccccc3)nc3ccccc3c12.O=c1c2cc(F)ccc2sc2c(Nc3ccccc3)nc3ccccc3c12. The number of para-hydroxylation sites is 6. The molecule has 6 N–H and O–H groups in total. The summed E-state index contributed by atoms with van der Waals surface area (Å²) < 4.78 is 76.3. The summed E-state index contributed by atoms with van der Waals surface area (Å²) in [5.74, 6) is 1.37. The average Bonchev–Trinajstić information content (AvgIpc) is 0.763. The van der Waals surface area contributed by atoms with E-state index in [0.29, 0.717) is 96.8 Å². The molecule has 0 bridgehead atoms. The Morgan fingerprint density at radius 1 is 0.258 bits per heavy atom. The van der Waals surface area contributed by atoms with Gasteiger partial charge < -0.3 is 31.9 Å². The summed E-state index contributed by atoms with van der Waals surface area (Å²) in [4.78, 5) is 89.6. The van der Waals surface area contributed by atoms with Crippen LogP contribution in [-0.2, 0) is 13.1 Å². The molecule has 23 rings (SSSR count). The van der Waals surface area contributed by atoms with Gasteiger partial charge in [0, 0.05) is 116 Å². The third-order valence-corrected chi connectivity index (χ3v) is 28.1. The highest BCUT2D eigenvalue weighted by Gasteiger charge is 2.23. The first-order chi connectivity index (χ1) is 64.5. The Kier molecular flexibility index (Phi) is 24.8. The minimum atomic E-state index is -0.410. The van der Waals surface area contributed by atoms with Crippen LogP contribution in [0.4, 0.5) is 56.7 Å². The van der Waals surface area contributed by atoms with Gasteiger partial charge in [-0.1, -0.05) is 177 Å². The lowest BCUT2D eigenvalue weighted by Gasteiger charge is -2.12. The van der Waals surface area contributed by atoms with Gasteiger partial charge in [-0.25, -0.2) is 46.9 Å². The number of nitrogens with zero attached hydrogens (tertiary/aromatic N) is 5. The minimum Gasteiger partial charge on any atom is -0.369 e. The van der Waals surface area contributed by atoms with Crippen LogP contribution in [0, 0.1) is 29.1 Å². The van der Waals surface area contributed by atoms with E-state index in [2.05, 4.69) is 38.8 Å². The summed E-state index contributed by atoms with van der Waals surface area (Å²) in [7, 11) is 1.88. The lowest BCUT2D eigenvalue weighted by molar-refractivity contribution is 0.629. The Labute approximate surface area is 767 Å². The highest BCUT2D eigenvalue weighted by molar-refractivity contribution is 7.27. The Balaban J connectivity index is 0.000000107. The summed E-state index contributed by atoms with van der Waals surface area (Å²) in [5, 5.41) is 28.8. The second kappa shape index (κ2) is 38.0. The smallest absolute Gasteiger partial charge is 0.196 e. The normalized spacial score (nSPS) is 11.4. The predicted molar refractivity (Wildman–Crippen MR) is 543 cm³/mol. The zero-order valence-corrected chi connectivity index (χ0v) is 74.4. The third kappa shape index (κ3) is 17.5. The number of benzene rings is 13. The molecular weight excluding hydrogens is 1760 g/mol. The molecule has 0 aliphatic heterocycles. The van der Waals surface area contributed by atoms with Gasteiger partial charge in [-0.15, -0.1) is 56.7 Å².